The summed E-state index contributed by atoms with van der Waals surface area (Å²) in [7, 11) is 0. The highest BCUT2D eigenvalue weighted by Crippen LogP contribution is 2.19. The number of hydrogen-bond donors (Lipinski definition) is 2. The highest BCUT2D eigenvalue weighted by molar-refractivity contribution is 9.10. The largest absolute Gasteiger partial charge is 0.398 e. The summed E-state index contributed by atoms with van der Waals surface area (Å²) < 4.78 is 6.16. The average molecular weight is 350 g/mol. The van der Waals surface area contributed by atoms with Crippen LogP contribution in [0.1, 0.15) is 23.2 Å². The number of amides is 1. The molecule has 19 heavy (non-hydrogen) atoms. The lowest BCUT2D eigenvalue weighted by atomic mass is 10.0. The molecule has 106 valence electrons. The minimum Gasteiger partial charge on any atom is -0.398 e. The van der Waals surface area contributed by atoms with Crippen LogP contribution in [-0.2, 0) is 4.74 Å². The van der Waals surface area contributed by atoms with Gasteiger partial charge in [0.05, 0.1) is 5.56 Å². The summed E-state index contributed by atoms with van der Waals surface area (Å²) in [6.45, 7) is 2.28. The topological polar surface area (TPSA) is 64.4 Å². The average Bonchev–Trinajstić information content (AvgIpc) is 2.37. The molecule has 0 aliphatic carbocycles. The Hall–Kier alpha value is -0.780. The predicted octanol–water partition coefficient (Wildman–Crippen LogP) is 2.61. The number of nitrogen functional groups attached to an aromatic ring is 1. The van der Waals surface area contributed by atoms with Gasteiger partial charge in [0.25, 0.3) is 5.91 Å². The van der Waals surface area contributed by atoms with Gasteiger partial charge in [0.2, 0.25) is 0 Å². The zero-order valence-electron chi connectivity index (χ0n) is 10.5. The van der Waals surface area contributed by atoms with Crippen LogP contribution in [0, 0.1) is 5.92 Å². The van der Waals surface area contributed by atoms with E-state index in [1.165, 1.54) is 0 Å². The van der Waals surface area contributed by atoms with Crippen LogP contribution in [0.4, 0.5) is 5.69 Å². The summed E-state index contributed by atoms with van der Waals surface area (Å²) in [5, 5.41) is 2.94. The number of benzene rings is 1. The second-order valence-corrected chi connectivity index (χ2v) is 5.41. The lowest BCUT2D eigenvalue weighted by molar-refractivity contribution is 0.0643. The summed E-state index contributed by atoms with van der Waals surface area (Å²) in [4.78, 5) is 12.0. The summed E-state index contributed by atoms with van der Waals surface area (Å²) in [5.74, 6) is 0.408. The van der Waals surface area contributed by atoms with Crippen molar-refractivity contribution in [3.63, 3.8) is 0 Å². The normalized spacial score (nSPS) is 15.6. The van der Waals surface area contributed by atoms with E-state index in [1.54, 1.807) is 12.1 Å². The first-order valence-electron chi connectivity index (χ1n) is 6.08. The first-order valence-corrected chi connectivity index (χ1v) is 6.87. The van der Waals surface area contributed by atoms with Crippen LogP contribution in [-0.4, -0.2) is 25.7 Å². The van der Waals surface area contributed by atoms with Crippen molar-refractivity contribution >= 4 is 39.9 Å². The van der Waals surface area contributed by atoms with Crippen LogP contribution in [0.5, 0.6) is 0 Å². The monoisotopic (exact) mass is 348 g/mol. The number of hydrogen-bond acceptors (Lipinski definition) is 3. The lowest BCUT2D eigenvalue weighted by Crippen LogP contribution is -2.32. The van der Waals surface area contributed by atoms with Crippen LogP contribution in [0.15, 0.2) is 22.7 Å². The SMILES string of the molecule is Cl.Nc1cc(Br)ccc1C(=O)NCC1CCOCC1. The Morgan fingerprint density at radius 2 is 2.11 bits per heavy atom. The molecule has 1 aliphatic rings. The molecule has 1 heterocycles. The van der Waals surface area contributed by atoms with Crippen molar-refractivity contribution in [3.8, 4) is 0 Å². The van der Waals surface area contributed by atoms with Crippen LogP contribution in [0.3, 0.4) is 0 Å². The molecular weight excluding hydrogens is 332 g/mol. The van der Waals surface area contributed by atoms with Gasteiger partial charge < -0.3 is 15.8 Å². The molecule has 4 nitrogen and oxygen atoms in total. The number of carbonyl (C=O) groups excluding carboxylic acids is 1. The van der Waals surface area contributed by atoms with Gasteiger partial charge in [-0.15, -0.1) is 12.4 Å². The van der Waals surface area contributed by atoms with Crippen molar-refractivity contribution in [2.45, 2.75) is 12.8 Å². The molecule has 1 saturated heterocycles. The van der Waals surface area contributed by atoms with Crippen molar-refractivity contribution in [3.05, 3.63) is 28.2 Å². The molecule has 0 atom stereocenters. The Labute approximate surface area is 127 Å². The van der Waals surface area contributed by atoms with Crippen LogP contribution in [0.2, 0.25) is 0 Å². The quantitative estimate of drug-likeness (QED) is 0.825. The minimum atomic E-state index is -0.105. The van der Waals surface area contributed by atoms with E-state index in [4.69, 9.17) is 10.5 Å². The Bertz CT molecular complexity index is 437. The van der Waals surface area contributed by atoms with Crippen LogP contribution < -0.4 is 11.1 Å². The molecule has 0 radical (unpaired) electrons. The highest BCUT2D eigenvalue weighted by atomic mass is 79.9. The molecule has 1 fully saturated rings. The van der Waals surface area contributed by atoms with Gasteiger partial charge in [0.15, 0.2) is 0 Å². The van der Waals surface area contributed by atoms with Crippen LogP contribution in [0.25, 0.3) is 0 Å². The number of rotatable bonds is 3. The van der Waals surface area contributed by atoms with Gasteiger partial charge in [-0.25, -0.2) is 0 Å². The summed E-state index contributed by atoms with van der Waals surface area (Å²) >= 11 is 3.32. The second-order valence-electron chi connectivity index (χ2n) is 4.50. The molecule has 1 aromatic carbocycles. The molecule has 0 aromatic heterocycles. The van der Waals surface area contributed by atoms with Gasteiger partial charge in [-0.1, -0.05) is 15.9 Å². The number of halogens is 2. The van der Waals surface area contributed by atoms with E-state index in [9.17, 15) is 4.79 Å². The van der Waals surface area contributed by atoms with Crippen molar-refractivity contribution in [1.29, 1.82) is 0 Å². The minimum absolute atomic E-state index is 0. The van der Waals surface area contributed by atoms with E-state index in [2.05, 4.69) is 21.2 Å². The third-order valence-electron chi connectivity index (χ3n) is 3.15. The second kappa shape index (κ2) is 7.72. The maximum Gasteiger partial charge on any atom is 0.253 e. The van der Waals surface area contributed by atoms with Gasteiger partial charge in [-0.3, -0.25) is 4.79 Å². The van der Waals surface area contributed by atoms with E-state index in [0.29, 0.717) is 23.7 Å². The molecule has 0 spiro atoms. The summed E-state index contributed by atoms with van der Waals surface area (Å²) in [5.41, 5.74) is 6.85. The maximum absolute atomic E-state index is 12.0. The Morgan fingerprint density at radius 3 is 2.74 bits per heavy atom. The van der Waals surface area contributed by atoms with Crippen molar-refractivity contribution < 1.29 is 9.53 Å². The fourth-order valence-corrected chi connectivity index (χ4v) is 2.40. The first kappa shape index (κ1) is 16.3. The maximum atomic E-state index is 12.0. The molecule has 0 bridgehead atoms. The number of carbonyl (C=O) groups is 1. The van der Waals surface area contributed by atoms with E-state index in [0.717, 1.165) is 30.5 Å². The molecule has 6 heteroatoms. The van der Waals surface area contributed by atoms with Gasteiger partial charge in [0.1, 0.15) is 0 Å². The van der Waals surface area contributed by atoms with Crippen molar-refractivity contribution in [1.82, 2.24) is 5.32 Å². The zero-order valence-corrected chi connectivity index (χ0v) is 12.9. The zero-order chi connectivity index (χ0) is 13.0. The smallest absolute Gasteiger partial charge is 0.253 e. The number of ether oxygens (including phenoxy) is 1. The van der Waals surface area contributed by atoms with E-state index in [-0.39, 0.29) is 18.3 Å². The highest BCUT2D eigenvalue weighted by Gasteiger charge is 2.16. The lowest BCUT2D eigenvalue weighted by Gasteiger charge is -2.22. The fraction of sp³-hybridized carbons (Fsp3) is 0.462. The molecule has 2 rings (SSSR count). The molecule has 1 aromatic rings. The molecule has 0 saturated carbocycles. The van der Waals surface area contributed by atoms with E-state index < -0.39 is 0 Å². The van der Waals surface area contributed by atoms with Gasteiger partial charge in [-0.2, -0.15) is 0 Å². The summed E-state index contributed by atoms with van der Waals surface area (Å²) in [6, 6.07) is 5.29. The molecule has 1 amide bonds. The first-order chi connectivity index (χ1) is 8.66. The third kappa shape index (κ3) is 4.67. The number of anilines is 1. The predicted molar refractivity (Wildman–Crippen MR) is 81.7 cm³/mol. The van der Waals surface area contributed by atoms with Crippen LogP contribution >= 0.6 is 28.3 Å². The standard InChI is InChI=1S/C13H17BrN2O2.ClH/c14-10-1-2-11(12(15)7-10)13(17)16-8-9-3-5-18-6-4-9;/h1-2,7,9H,3-6,8,15H2,(H,16,17);1H. The summed E-state index contributed by atoms with van der Waals surface area (Å²) in [6.07, 6.45) is 2.02. The molecular formula is C13H18BrClN2O2. The molecule has 0 unspecified atom stereocenters. The van der Waals surface area contributed by atoms with Gasteiger partial charge in [-0.05, 0) is 37.0 Å². The molecule has 1 aliphatic heterocycles. The van der Waals surface area contributed by atoms with Gasteiger partial charge >= 0.3 is 0 Å². The van der Waals surface area contributed by atoms with Crippen molar-refractivity contribution in [2.24, 2.45) is 5.92 Å². The fourth-order valence-electron chi connectivity index (χ4n) is 2.02. The number of nitrogens with two attached hydrogens (primary N) is 1. The molecule has 3 N–H and O–H groups in total. The third-order valence-corrected chi connectivity index (χ3v) is 3.64. The van der Waals surface area contributed by atoms with E-state index >= 15 is 0 Å². The Morgan fingerprint density at radius 1 is 1.42 bits per heavy atom. The Balaban J connectivity index is 0.00000180. The Kier molecular flexibility index (Phi) is 6.62. The van der Waals surface area contributed by atoms with Gasteiger partial charge in [0, 0.05) is 29.9 Å². The van der Waals surface area contributed by atoms with E-state index in [1.807, 2.05) is 6.07 Å². The number of nitrogens with one attached hydrogen (secondary N) is 1. The van der Waals surface area contributed by atoms with Crippen molar-refractivity contribution in [2.75, 3.05) is 25.5 Å².